The van der Waals surface area contributed by atoms with Gasteiger partial charge >= 0.3 is 0 Å². The van der Waals surface area contributed by atoms with E-state index in [1.165, 1.54) is 61.0 Å². The quantitative estimate of drug-likeness (QED) is 0.0435. The average molecular weight is 1450 g/mol. The van der Waals surface area contributed by atoms with Crippen molar-refractivity contribution >= 4 is 68.0 Å². The molecule has 0 unspecified atom stereocenters. The summed E-state index contributed by atoms with van der Waals surface area (Å²) in [4.78, 5) is 86.6. The number of hydrogen-bond acceptors (Lipinski definition) is 21. The second kappa shape index (κ2) is 29.4. The lowest BCUT2D eigenvalue weighted by molar-refractivity contribution is -0.0454. The van der Waals surface area contributed by atoms with E-state index in [1.807, 2.05) is 12.1 Å². The molecule has 0 saturated carbocycles. The Labute approximate surface area is 614 Å². The molecule has 29 heteroatoms. The molecule has 9 aromatic heterocycles. The van der Waals surface area contributed by atoms with Crippen molar-refractivity contribution in [1.29, 1.82) is 0 Å². The Morgan fingerprint density at radius 2 is 0.794 bits per heavy atom. The molecule has 12 heterocycles. The lowest BCUT2D eigenvalue weighted by atomic mass is 9.96. The first-order valence-electron chi connectivity index (χ1n) is 35.0. The molecule has 0 amide bonds. The van der Waals surface area contributed by atoms with Crippen molar-refractivity contribution in [3.05, 3.63) is 247 Å². The maximum Gasteiger partial charge on any atom is 0.285 e. The van der Waals surface area contributed by atoms with Crippen LogP contribution in [-0.4, -0.2) is 144 Å². The minimum atomic E-state index is -2.93. The van der Waals surface area contributed by atoms with Gasteiger partial charge in [0.15, 0.2) is 34.4 Å². The van der Waals surface area contributed by atoms with Crippen LogP contribution < -0.4 is 32.6 Å². The van der Waals surface area contributed by atoms with Gasteiger partial charge in [0, 0.05) is 73.9 Å². The lowest BCUT2D eigenvalue weighted by Gasteiger charge is -2.32. The molecule has 552 valence electrons. The maximum atomic E-state index is 14.4. The summed E-state index contributed by atoms with van der Waals surface area (Å²) >= 11 is 0. The van der Waals surface area contributed by atoms with Gasteiger partial charge in [-0.2, -0.15) is 23.7 Å². The van der Waals surface area contributed by atoms with Crippen molar-refractivity contribution in [2.24, 2.45) is 0 Å². The van der Waals surface area contributed by atoms with Crippen molar-refractivity contribution in [3.63, 3.8) is 0 Å². The number of pyridine rings is 3. The Morgan fingerprint density at radius 1 is 0.449 bits per heavy atom. The number of nitrogens with one attached hydrogen (secondary N) is 3. The number of anilines is 6. The highest BCUT2D eigenvalue weighted by Crippen LogP contribution is 2.38. The zero-order chi connectivity index (χ0) is 76.0. The lowest BCUT2D eigenvalue weighted by Crippen LogP contribution is -2.38. The minimum Gasteiger partial charge on any atom is -0.384 e. The predicted molar refractivity (Wildman–Crippen MR) is 409 cm³/mol. The Kier molecular flexibility index (Phi) is 20.2. The molecular formula is C78H85F2N21O6. The van der Waals surface area contributed by atoms with Gasteiger partial charge in [0.1, 0.15) is 33.0 Å². The molecule has 0 radical (unpaired) electrons. The van der Waals surface area contributed by atoms with Crippen LogP contribution in [0.1, 0.15) is 92.0 Å². The van der Waals surface area contributed by atoms with Crippen LogP contribution in [0, 0.1) is 0 Å². The smallest absolute Gasteiger partial charge is 0.285 e. The Bertz CT molecular complexity index is 5620. The summed E-state index contributed by atoms with van der Waals surface area (Å²) < 4.78 is 38.2. The fourth-order valence-corrected chi connectivity index (χ4v) is 13.3. The Hall–Kier alpha value is -11.6. The summed E-state index contributed by atoms with van der Waals surface area (Å²) in [5, 5.41) is 42.1. The van der Waals surface area contributed by atoms with Crippen LogP contribution in [0.2, 0.25) is 0 Å². The number of fused-ring (bicyclic) bond motifs is 6. The molecule has 12 aromatic rings. The number of hydrogen-bond donors (Lipinski definition) is 6. The number of allylic oxidation sites excluding steroid dienone is 3. The number of likely N-dealkylation sites (N-methyl/N-ethyl adjacent to an activating group) is 3. The van der Waals surface area contributed by atoms with Crippen molar-refractivity contribution in [2.45, 2.75) is 116 Å². The number of benzene rings is 3. The normalized spacial score (nSPS) is 14.6. The summed E-state index contributed by atoms with van der Waals surface area (Å²) in [5.41, 5.74) is 6.44. The fourth-order valence-electron chi connectivity index (χ4n) is 13.3. The zero-order valence-electron chi connectivity index (χ0n) is 61.1. The average Bonchev–Trinajstić information content (AvgIpc) is 1.67. The van der Waals surface area contributed by atoms with E-state index in [1.54, 1.807) is 152 Å². The van der Waals surface area contributed by atoms with Crippen LogP contribution in [0.3, 0.4) is 0 Å². The first-order valence-corrected chi connectivity index (χ1v) is 35.0. The molecule has 0 saturated heterocycles. The Balaban J connectivity index is 0.000000142. The van der Waals surface area contributed by atoms with Gasteiger partial charge in [-0.3, -0.25) is 19.3 Å². The van der Waals surface area contributed by atoms with E-state index >= 15 is 0 Å². The second-order valence-corrected chi connectivity index (χ2v) is 28.6. The van der Waals surface area contributed by atoms with Crippen LogP contribution in [0.5, 0.6) is 0 Å². The standard InChI is InChI=1S/C26H27F2N7O2.2C26H29N7O2/c1-5-11-34-23(36)18-13-29-24(30-17-9-10-19-16(12-17)14-33(4)15-26(19,27)28)32-22(18)35(34)21-8-6-7-20(31-21)25(2,3)37;1-5-12-32-24(34)20-15-27-25(28-19-10-9-18-16-31(4)13-11-17(18)14-19)30-23(20)33(32)22-8-6-7-21(29-22)26(2,3)35;1-5-12-32-24(34)20-15-27-25(28-19-10-9-17-11-13-31(4)16-18(17)14-19)30-23(20)33(32)22-8-6-7-21(29-22)26(2,3)35/h5-10,12-13,37H,1,11,14-15H2,2-4H3,(H,29,30,32);2*5-10,14-15,35H,1,11-13,16H2,2-4H3,(H,27,28,30). The third-order valence-electron chi connectivity index (χ3n) is 18.7. The molecule has 0 spiro atoms. The van der Waals surface area contributed by atoms with E-state index in [4.69, 9.17) is 9.97 Å². The molecule has 107 heavy (non-hydrogen) atoms. The van der Waals surface area contributed by atoms with Crippen LogP contribution in [0.25, 0.3) is 50.6 Å². The zero-order valence-corrected chi connectivity index (χ0v) is 61.1. The highest BCUT2D eigenvalue weighted by Gasteiger charge is 2.39. The van der Waals surface area contributed by atoms with Crippen molar-refractivity contribution in [3.8, 4) is 17.5 Å². The molecule has 15 rings (SSSR count). The molecule has 3 aliphatic rings. The monoisotopic (exact) mass is 1450 g/mol. The largest absolute Gasteiger partial charge is 0.384 e. The number of nitrogens with zero attached hydrogens (tertiary/aromatic N) is 18. The summed E-state index contributed by atoms with van der Waals surface area (Å²) in [5.74, 6) is -0.645. The van der Waals surface area contributed by atoms with Crippen molar-refractivity contribution in [1.82, 2.24) is 87.6 Å². The van der Waals surface area contributed by atoms with Gasteiger partial charge in [-0.25, -0.2) is 58.0 Å². The highest BCUT2D eigenvalue weighted by molar-refractivity contribution is 5.79. The van der Waals surface area contributed by atoms with E-state index in [0.717, 1.165) is 50.4 Å². The number of aromatic nitrogens is 15. The molecular weight excluding hydrogens is 1360 g/mol. The third kappa shape index (κ3) is 15.4. The van der Waals surface area contributed by atoms with E-state index in [-0.39, 0.29) is 59.8 Å². The predicted octanol–water partition coefficient (Wildman–Crippen LogP) is 9.92. The molecule has 3 aliphatic heterocycles. The van der Waals surface area contributed by atoms with Gasteiger partial charge < -0.3 is 41.1 Å². The molecule has 27 nitrogen and oxygen atoms in total. The van der Waals surface area contributed by atoms with Gasteiger partial charge in [-0.15, -0.1) is 19.7 Å². The molecule has 3 aromatic carbocycles. The SMILES string of the molecule is C=CCn1c(=O)c2cnc(Nc3ccc4c(c3)CCN(C)C4)nc2n1-c1cccc(C(C)(C)O)n1.C=CCn1c(=O)c2cnc(Nc3ccc4c(c3)CN(C)CC4(F)F)nc2n1-c1cccc(C(C)(C)O)n1.C=CCn1c(=O)c2cnc(Nc3ccc4c(c3)CN(C)CC4)nc2n1-c1cccc(C(C)(C)O)n1. The highest BCUT2D eigenvalue weighted by atomic mass is 19.3. The summed E-state index contributed by atoms with van der Waals surface area (Å²) in [6.07, 6.45) is 11.4. The van der Waals surface area contributed by atoms with Crippen LogP contribution in [0.4, 0.5) is 43.7 Å². The van der Waals surface area contributed by atoms with Crippen molar-refractivity contribution in [2.75, 3.05) is 56.7 Å². The summed E-state index contributed by atoms with van der Waals surface area (Å²) in [6.45, 7) is 26.0. The molecule has 0 atom stereocenters. The summed E-state index contributed by atoms with van der Waals surface area (Å²) in [7, 11) is 5.90. The van der Waals surface area contributed by atoms with Gasteiger partial charge in [-0.1, -0.05) is 54.6 Å². The van der Waals surface area contributed by atoms with E-state index in [2.05, 4.69) is 119 Å². The Morgan fingerprint density at radius 3 is 1.19 bits per heavy atom. The van der Waals surface area contributed by atoms with Gasteiger partial charge in [0.2, 0.25) is 17.8 Å². The van der Waals surface area contributed by atoms with Gasteiger partial charge in [-0.05, 0) is 176 Å². The number of halogens is 2. The van der Waals surface area contributed by atoms with Crippen molar-refractivity contribution < 1.29 is 24.1 Å². The number of rotatable bonds is 18. The maximum absolute atomic E-state index is 14.4. The van der Waals surface area contributed by atoms with E-state index < -0.39 is 22.7 Å². The minimum absolute atomic E-state index is 0.0145. The topological polar surface area (TPSA) is 303 Å². The second-order valence-electron chi connectivity index (χ2n) is 28.6. The molecule has 0 bridgehead atoms. The first-order chi connectivity index (χ1) is 51.0. The van der Waals surface area contributed by atoms with Crippen LogP contribution >= 0.6 is 0 Å². The summed E-state index contributed by atoms with van der Waals surface area (Å²) in [6, 6.07) is 33.1. The van der Waals surface area contributed by atoms with E-state index in [9.17, 15) is 38.5 Å². The van der Waals surface area contributed by atoms with Crippen LogP contribution in [-0.2, 0) is 74.8 Å². The molecule has 6 N–H and O–H groups in total. The van der Waals surface area contributed by atoms with Gasteiger partial charge in [0.05, 0.1) is 43.3 Å². The number of aliphatic hydroxyl groups is 3. The van der Waals surface area contributed by atoms with Gasteiger partial charge in [0.25, 0.3) is 22.6 Å². The van der Waals surface area contributed by atoms with E-state index in [0.29, 0.717) is 91.9 Å². The third-order valence-corrected chi connectivity index (χ3v) is 18.7. The molecule has 0 fully saturated rings. The van der Waals surface area contributed by atoms with Crippen LogP contribution in [0.15, 0.2) is 180 Å². The molecule has 0 aliphatic carbocycles. The number of alkyl halides is 2. The first kappa shape index (κ1) is 73.7. The fraction of sp³-hybridized carbons (Fsp3) is 0.308.